The third-order valence-corrected chi connectivity index (χ3v) is 4.11. The van der Waals surface area contributed by atoms with Gasteiger partial charge in [0.15, 0.2) is 11.5 Å². The van der Waals surface area contributed by atoms with Gasteiger partial charge in [0.1, 0.15) is 6.04 Å². The van der Waals surface area contributed by atoms with Crippen molar-refractivity contribution in [3.63, 3.8) is 0 Å². The van der Waals surface area contributed by atoms with E-state index >= 15 is 0 Å². The molecule has 0 aliphatic carbocycles. The van der Waals surface area contributed by atoms with Crippen LogP contribution < -0.4 is 14.8 Å². The molecule has 2 aliphatic rings. The molecule has 23 heavy (non-hydrogen) atoms. The highest BCUT2D eigenvalue weighted by Gasteiger charge is 2.36. The van der Waals surface area contributed by atoms with Crippen molar-refractivity contribution in [1.29, 1.82) is 0 Å². The molecule has 124 valence electrons. The Morgan fingerprint density at radius 2 is 2.13 bits per heavy atom. The van der Waals surface area contributed by atoms with Crippen LogP contribution in [-0.2, 0) is 16.1 Å². The maximum Gasteiger partial charge on any atom is 0.242 e. The second-order valence-corrected chi connectivity index (χ2v) is 6.40. The summed E-state index contributed by atoms with van der Waals surface area (Å²) in [7, 11) is 0. The first kappa shape index (κ1) is 15.6. The van der Waals surface area contributed by atoms with Gasteiger partial charge in [0.25, 0.3) is 0 Å². The molecule has 1 N–H and O–H groups in total. The van der Waals surface area contributed by atoms with E-state index in [1.165, 1.54) is 0 Å². The molecule has 0 bridgehead atoms. The van der Waals surface area contributed by atoms with Crippen LogP contribution in [0, 0.1) is 5.92 Å². The van der Waals surface area contributed by atoms with Gasteiger partial charge in [0.2, 0.25) is 18.6 Å². The second-order valence-electron chi connectivity index (χ2n) is 6.40. The first-order valence-electron chi connectivity index (χ1n) is 8.00. The predicted octanol–water partition coefficient (Wildman–Crippen LogP) is 1.68. The molecule has 0 spiro atoms. The van der Waals surface area contributed by atoms with E-state index in [0.29, 0.717) is 43.3 Å². The lowest BCUT2D eigenvalue weighted by Crippen LogP contribution is -2.45. The van der Waals surface area contributed by atoms with Gasteiger partial charge in [-0.3, -0.25) is 9.59 Å². The first-order chi connectivity index (χ1) is 11.0. The highest BCUT2D eigenvalue weighted by molar-refractivity contribution is 5.90. The Morgan fingerprint density at radius 1 is 1.35 bits per heavy atom. The van der Waals surface area contributed by atoms with Gasteiger partial charge in [-0.25, -0.2) is 0 Å². The molecule has 6 nitrogen and oxygen atoms in total. The maximum absolute atomic E-state index is 12.3. The van der Waals surface area contributed by atoms with E-state index in [1.54, 1.807) is 4.90 Å². The average molecular weight is 318 g/mol. The van der Waals surface area contributed by atoms with Crippen molar-refractivity contribution in [2.24, 2.45) is 5.92 Å². The molecule has 1 saturated heterocycles. The number of likely N-dealkylation sites (tertiary alicyclic amines) is 1. The summed E-state index contributed by atoms with van der Waals surface area (Å²) in [6, 6.07) is 5.23. The summed E-state index contributed by atoms with van der Waals surface area (Å²) < 4.78 is 10.7. The van der Waals surface area contributed by atoms with Crippen LogP contribution in [0.1, 0.15) is 32.3 Å². The number of nitrogens with one attached hydrogen (secondary N) is 1. The molecule has 2 aliphatic heterocycles. The van der Waals surface area contributed by atoms with Crippen molar-refractivity contribution in [3.05, 3.63) is 23.8 Å². The molecule has 1 aromatic rings. The van der Waals surface area contributed by atoms with Gasteiger partial charge >= 0.3 is 0 Å². The van der Waals surface area contributed by atoms with E-state index in [-0.39, 0.29) is 24.6 Å². The van der Waals surface area contributed by atoms with Gasteiger partial charge in [-0.2, -0.15) is 0 Å². The minimum Gasteiger partial charge on any atom is -0.454 e. The molecule has 1 aromatic carbocycles. The fraction of sp³-hybridized carbons (Fsp3) is 0.529. The standard InChI is InChI=1S/C17H22N2O4/c1-11(2)8-18-17(21)13-4-6-16(20)19(13)9-12-3-5-14-15(7-12)23-10-22-14/h3,5,7,11,13H,4,6,8-10H2,1-2H3,(H,18,21)/t13-/m1/s1. The number of benzene rings is 1. The molecular weight excluding hydrogens is 296 g/mol. The monoisotopic (exact) mass is 318 g/mol. The highest BCUT2D eigenvalue weighted by Crippen LogP contribution is 2.33. The van der Waals surface area contributed by atoms with Crippen LogP contribution in [0.25, 0.3) is 0 Å². The van der Waals surface area contributed by atoms with Crippen LogP contribution in [0.15, 0.2) is 18.2 Å². The van der Waals surface area contributed by atoms with E-state index in [0.717, 1.165) is 5.56 Å². The summed E-state index contributed by atoms with van der Waals surface area (Å²) in [5.41, 5.74) is 0.936. The molecule has 3 rings (SSSR count). The molecule has 2 amide bonds. The molecular formula is C17H22N2O4. The minimum atomic E-state index is -0.383. The smallest absolute Gasteiger partial charge is 0.242 e. The number of hydrogen-bond donors (Lipinski definition) is 1. The van der Waals surface area contributed by atoms with Gasteiger partial charge < -0.3 is 19.7 Å². The van der Waals surface area contributed by atoms with Crippen molar-refractivity contribution in [3.8, 4) is 11.5 Å². The molecule has 0 aromatic heterocycles. The SMILES string of the molecule is CC(C)CNC(=O)[C@H]1CCC(=O)N1Cc1ccc2c(c1)OCO2. The zero-order valence-electron chi connectivity index (χ0n) is 13.5. The molecule has 0 unspecified atom stereocenters. The largest absolute Gasteiger partial charge is 0.454 e. The topological polar surface area (TPSA) is 67.9 Å². The number of ether oxygens (including phenoxy) is 2. The van der Waals surface area contributed by atoms with E-state index in [2.05, 4.69) is 5.32 Å². The van der Waals surface area contributed by atoms with E-state index in [1.807, 2.05) is 32.0 Å². The van der Waals surface area contributed by atoms with Gasteiger partial charge in [-0.1, -0.05) is 19.9 Å². The van der Waals surface area contributed by atoms with Crippen LogP contribution in [0.3, 0.4) is 0 Å². The number of carbonyl (C=O) groups is 2. The van der Waals surface area contributed by atoms with E-state index in [4.69, 9.17) is 9.47 Å². The van der Waals surface area contributed by atoms with Crippen LogP contribution >= 0.6 is 0 Å². The first-order valence-corrected chi connectivity index (χ1v) is 8.00. The average Bonchev–Trinajstić information content (AvgIpc) is 3.12. The number of carbonyl (C=O) groups excluding carboxylic acids is 2. The number of amides is 2. The Kier molecular flexibility index (Phi) is 4.41. The minimum absolute atomic E-state index is 0.0207. The summed E-state index contributed by atoms with van der Waals surface area (Å²) in [6.45, 7) is 5.35. The van der Waals surface area contributed by atoms with Crippen molar-refractivity contribution < 1.29 is 19.1 Å². The van der Waals surface area contributed by atoms with Gasteiger partial charge in [0, 0.05) is 19.5 Å². The third kappa shape index (κ3) is 3.41. The molecule has 0 radical (unpaired) electrons. The molecule has 1 fully saturated rings. The second kappa shape index (κ2) is 6.48. The normalized spacial score (nSPS) is 19.5. The third-order valence-electron chi connectivity index (χ3n) is 4.11. The Morgan fingerprint density at radius 3 is 2.91 bits per heavy atom. The summed E-state index contributed by atoms with van der Waals surface area (Å²) in [6.07, 6.45) is 0.998. The fourth-order valence-electron chi connectivity index (χ4n) is 2.86. The van der Waals surface area contributed by atoms with Crippen molar-refractivity contribution >= 4 is 11.8 Å². The molecule has 6 heteroatoms. The van der Waals surface area contributed by atoms with E-state index in [9.17, 15) is 9.59 Å². The van der Waals surface area contributed by atoms with Gasteiger partial charge in [0.05, 0.1) is 0 Å². The summed E-state index contributed by atoms with van der Waals surface area (Å²) in [5.74, 6) is 1.75. The van der Waals surface area contributed by atoms with Crippen LogP contribution in [0.2, 0.25) is 0 Å². The van der Waals surface area contributed by atoms with Crippen molar-refractivity contribution in [1.82, 2.24) is 10.2 Å². The predicted molar refractivity (Wildman–Crippen MR) is 84.0 cm³/mol. The highest BCUT2D eigenvalue weighted by atomic mass is 16.7. The summed E-state index contributed by atoms with van der Waals surface area (Å²) in [5, 5.41) is 2.92. The Balaban J connectivity index is 1.69. The van der Waals surface area contributed by atoms with Gasteiger partial charge in [-0.15, -0.1) is 0 Å². The van der Waals surface area contributed by atoms with Crippen LogP contribution in [0.5, 0.6) is 11.5 Å². The summed E-state index contributed by atoms with van der Waals surface area (Å²) >= 11 is 0. The zero-order valence-corrected chi connectivity index (χ0v) is 13.5. The van der Waals surface area contributed by atoms with Crippen LogP contribution in [-0.4, -0.2) is 36.1 Å². The Hall–Kier alpha value is -2.24. The lowest BCUT2D eigenvalue weighted by atomic mass is 10.1. The molecule has 1 atom stereocenters. The lowest BCUT2D eigenvalue weighted by Gasteiger charge is -2.24. The lowest BCUT2D eigenvalue weighted by molar-refractivity contribution is -0.135. The molecule has 2 heterocycles. The number of fused-ring (bicyclic) bond motifs is 1. The Labute approximate surface area is 135 Å². The van der Waals surface area contributed by atoms with Crippen molar-refractivity contribution in [2.75, 3.05) is 13.3 Å². The zero-order chi connectivity index (χ0) is 16.4. The number of rotatable bonds is 5. The quantitative estimate of drug-likeness (QED) is 0.897. The summed E-state index contributed by atoms with van der Waals surface area (Å²) in [4.78, 5) is 26.1. The van der Waals surface area contributed by atoms with E-state index < -0.39 is 0 Å². The number of hydrogen-bond acceptors (Lipinski definition) is 4. The maximum atomic E-state index is 12.3. The van der Waals surface area contributed by atoms with Crippen LogP contribution in [0.4, 0.5) is 0 Å². The van der Waals surface area contributed by atoms with Crippen molar-refractivity contribution in [2.45, 2.75) is 39.3 Å². The Bertz CT molecular complexity index is 615. The fourth-order valence-corrected chi connectivity index (χ4v) is 2.86. The number of nitrogens with zero attached hydrogens (tertiary/aromatic N) is 1. The molecule has 0 saturated carbocycles. The van der Waals surface area contributed by atoms with Gasteiger partial charge in [-0.05, 0) is 30.0 Å².